The normalized spacial score (nSPS) is 13.5. The molecule has 2 heterocycles. The van der Waals surface area contributed by atoms with Crippen LogP contribution >= 0.6 is 11.3 Å². The molecule has 6 heteroatoms. The Hall–Kier alpha value is -2.96. The van der Waals surface area contributed by atoms with Crippen molar-refractivity contribution >= 4 is 28.2 Å². The number of thiophene rings is 1. The monoisotopic (exact) mass is 448 g/mol. The maximum Gasteiger partial charge on any atom is 0.341 e. The summed E-state index contributed by atoms with van der Waals surface area (Å²) in [6.45, 7) is 8.57. The first-order valence-electron chi connectivity index (χ1n) is 10.9. The van der Waals surface area contributed by atoms with Gasteiger partial charge in [-0.05, 0) is 61.6 Å². The summed E-state index contributed by atoms with van der Waals surface area (Å²) in [7, 11) is 0. The van der Waals surface area contributed by atoms with Gasteiger partial charge in [0.05, 0.1) is 12.2 Å². The van der Waals surface area contributed by atoms with Crippen molar-refractivity contribution in [3.63, 3.8) is 0 Å². The molecular weight excluding hydrogens is 420 g/mol. The predicted octanol–water partition coefficient (Wildman–Crippen LogP) is 5.35. The number of hydrogen-bond donors (Lipinski definition) is 1. The third-order valence-electron chi connectivity index (χ3n) is 5.86. The first kappa shape index (κ1) is 22.2. The highest BCUT2D eigenvalue weighted by Gasteiger charge is 2.29. The number of ether oxygens (including phenoxy) is 1. The molecule has 32 heavy (non-hydrogen) atoms. The number of carbonyl (C=O) groups excluding carboxylic acids is 2. The zero-order valence-corrected chi connectivity index (χ0v) is 19.6. The number of carbonyl (C=O) groups is 2. The summed E-state index contributed by atoms with van der Waals surface area (Å²) < 4.78 is 5.34. The van der Waals surface area contributed by atoms with E-state index in [0.717, 1.165) is 47.6 Å². The standard InChI is InChI=1S/C26H28N2O3S/c1-4-31-26(30)23-21-12-13-28(15-19-8-6-5-7-9-19)16-22(21)32-25(23)27-24(29)20-11-10-17(2)18(3)14-20/h5-11,14H,4,12-13,15-16H2,1-3H3,(H,27,29). The molecule has 0 radical (unpaired) electrons. The first-order chi connectivity index (χ1) is 15.5. The molecule has 1 amide bonds. The number of amides is 1. The molecule has 4 rings (SSSR count). The minimum Gasteiger partial charge on any atom is -0.462 e. The van der Waals surface area contributed by atoms with Crippen LogP contribution in [0, 0.1) is 13.8 Å². The molecule has 0 spiro atoms. The summed E-state index contributed by atoms with van der Waals surface area (Å²) >= 11 is 1.49. The van der Waals surface area contributed by atoms with Crippen LogP contribution in [0.5, 0.6) is 0 Å². The molecule has 0 bridgehead atoms. The lowest BCUT2D eigenvalue weighted by Gasteiger charge is -2.27. The molecule has 0 unspecified atom stereocenters. The predicted molar refractivity (Wildman–Crippen MR) is 128 cm³/mol. The van der Waals surface area contributed by atoms with Gasteiger partial charge in [-0.15, -0.1) is 11.3 Å². The fourth-order valence-corrected chi connectivity index (χ4v) is 5.27. The second-order valence-corrected chi connectivity index (χ2v) is 9.23. The Morgan fingerprint density at radius 3 is 2.59 bits per heavy atom. The number of nitrogens with one attached hydrogen (secondary N) is 1. The smallest absolute Gasteiger partial charge is 0.341 e. The van der Waals surface area contributed by atoms with Gasteiger partial charge < -0.3 is 10.1 Å². The summed E-state index contributed by atoms with van der Waals surface area (Å²) in [6.07, 6.45) is 0.756. The van der Waals surface area contributed by atoms with Crippen LogP contribution in [-0.2, 0) is 24.2 Å². The fourth-order valence-electron chi connectivity index (χ4n) is 4.00. The minimum atomic E-state index is -0.364. The summed E-state index contributed by atoms with van der Waals surface area (Å²) in [4.78, 5) is 29.3. The van der Waals surface area contributed by atoms with E-state index in [-0.39, 0.29) is 11.9 Å². The molecule has 0 saturated carbocycles. The Morgan fingerprint density at radius 1 is 1.09 bits per heavy atom. The third kappa shape index (κ3) is 4.76. The SMILES string of the molecule is CCOC(=O)c1c(NC(=O)c2ccc(C)c(C)c2)sc2c1CCN(Cc1ccccc1)C2. The maximum absolute atomic E-state index is 13.0. The Balaban J connectivity index is 1.60. The van der Waals surface area contributed by atoms with Crippen molar-refractivity contribution in [3.8, 4) is 0 Å². The van der Waals surface area contributed by atoms with Gasteiger partial charge in [-0.1, -0.05) is 36.4 Å². The van der Waals surface area contributed by atoms with Gasteiger partial charge in [0.15, 0.2) is 0 Å². The Bertz CT molecular complexity index is 1140. The van der Waals surface area contributed by atoms with Gasteiger partial charge in [0.25, 0.3) is 5.91 Å². The summed E-state index contributed by atoms with van der Waals surface area (Å²) in [5.74, 6) is -0.574. The average Bonchev–Trinajstić information content (AvgIpc) is 3.13. The molecule has 5 nitrogen and oxygen atoms in total. The lowest BCUT2D eigenvalue weighted by molar-refractivity contribution is 0.0526. The summed E-state index contributed by atoms with van der Waals surface area (Å²) in [5, 5.41) is 3.58. The third-order valence-corrected chi connectivity index (χ3v) is 6.99. The molecule has 1 aromatic heterocycles. The van der Waals surface area contributed by atoms with Gasteiger partial charge in [0, 0.05) is 30.1 Å². The zero-order valence-electron chi connectivity index (χ0n) is 18.7. The second kappa shape index (κ2) is 9.67. The zero-order chi connectivity index (χ0) is 22.7. The van der Waals surface area contributed by atoms with E-state index in [0.29, 0.717) is 22.7 Å². The van der Waals surface area contributed by atoms with E-state index < -0.39 is 0 Å². The van der Waals surface area contributed by atoms with E-state index in [4.69, 9.17) is 4.74 Å². The molecule has 166 valence electrons. The van der Waals surface area contributed by atoms with Crippen LogP contribution < -0.4 is 5.32 Å². The van der Waals surface area contributed by atoms with Crippen LogP contribution in [0.25, 0.3) is 0 Å². The average molecular weight is 449 g/mol. The van der Waals surface area contributed by atoms with E-state index in [9.17, 15) is 9.59 Å². The number of anilines is 1. The number of hydrogen-bond acceptors (Lipinski definition) is 5. The van der Waals surface area contributed by atoms with E-state index in [1.54, 1.807) is 6.92 Å². The quantitative estimate of drug-likeness (QED) is 0.516. The van der Waals surface area contributed by atoms with Crippen LogP contribution in [-0.4, -0.2) is 29.9 Å². The highest BCUT2D eigenvalue weighted by molar-refractivity contribution is 7.17. The summed E-state index contributed by atoms with van der Waals surface area (Å²) in [5.41, 5.74) is 5.57. The van der Waals surface area contributed by atoms with Crippen molar-refractivity contribution in [2.24, 2.45) is 0 Å². The van der Waals surface area contributed by atoms with Crippen LogP contribution in [0.4, 0.5) is 5.00 Å². The second-order valence-electron chi connectivity index (χ2n) is 8.13. The van der Waals surface area contributed by atoms with Crippen molar-refractivity contribution in [1.29, 1.82) is 0 Å². The molecule has 3 aromatic rings. The molecule has 1 aliphatic heterocycles. The van der Waals surface area contributed by atoms with Crippen molar-refractivity contribution in [2.45, 2.75) is 40.3 Å². The van der Waals surface area contributed by atoms with Crippen LogP contribution in [0.3, 0.4) is 0 Å². The highest BCUT2D eigenvalue weighted by Crippen LogP contribution is 2.38. The molecule has 1 N–H and O–H groups in total. The van der Waals surface area contributed by atoms with E-state index in [1.807, 2.05) is 38.1 Å². The molecule has 0 fully saturated rings. The van der Waals surface area contributed by atoms with E-state index >= 15 is 0 Å². The molecule has 2 aromatic carbocycles. The van der Waals surface area contributed by atoms with Gasteiger partial charge in [-0.25, -0.2) is 4.79 Å². The van der Waals surface area contributed by atoms with Crippen molar-refractivity contribution in [3.05, 3.63) is 86.8 Å². The van der Waals surface area contributed by atoms with Gasteiger partial charge >= 0.3 is 5.97 Å². The van der Waals surface area contributed by atoms with Crippen LogP contribution in [0.2, 0.25) is 0 Å². The first-order valence-corrected chi connectivity index (χ1v) is 11.7. The lowest BCUT2D eigenvalue weighted by atomic mass is 10.0. The van der Waals surface area contributed by atoms with Crippen molar-refractivity contribution in [1.82, 2.24) is 4.90 Å². The Labute approximate surface area is 193 Å². The number of rotatable bonds is 6. The molecular formula is C26H28N2O3S. The number of benzene rings is 2. The van der Waals surface area contributed by atoms with Crippen molar-refractivity contribution in [2.75, 3.05) is 18.5 Å². The Kier molecular flexibility index (Phi) is 6.72. The van der Waals surface area contributed by atoms with Gasteiger partial charge in [0.1, 0.15) is 5.00 Å². The molecule has 0 aliphatic carbocycles. The van der Waals surface area contributed by atoms with Crippen molar-refractivity contribution < 1.29 is 14.3 Å². The number of nitrogens with zero attached hydrogens (tertiary/aromatic N) is 1. The summed E-state index contributed by atoms with van der Waals surface area (Å²) in [6, 6.07) is 16.0. The molecule has 1 aliphatic rings. The minimum absolute atomic E-state index is 0.210. The number of esters is 1. The van der Waals surface area contributed by atoms with E-state index in [2.05, 4.69) is 34.5 Å². The Morgan fingerprint density at radius 2 is 1.88 bits per heavy atom. The van der Waals surface area contributed by atoms with Crippen LogP contribution in [0.15, 0.2) is 48.5 Å². The number of aryl methyl sites for hydroxylation is 2. The largest absolute Gasteiger partial charge is 0.462 e. The topological polar surface area (TPSA) is 58.6 Å². The molecule has 0 atom stereocenters. The highest BCUT2D eigenvalue weighted by atomic mass is 32.1. The fraction of sp³-hybridized carbons (Fsp3) is 0.308. The van der Waals surface area contributed by atoms with E-state index in [1.165, 1.54) is 16.9 Å². The molecule has 0 saturated heterocycles. The lowest BCUT2D eigenvalue weighted by Crippen LogP contribution is -2.29. The van der Waals surface area contributed by atoms with Crippen LogP contribution in [0.1, 0.15) is 54.8 Å². The van der Waals surface area contributed by atoms with Gasteiger partial charge in [-0.2, -0.15) is 0 Å². The number of fused-ring (bicyclic) bond motifs is 1. The van der Waals surface area contributed by atoms with Gasteiger partial charge in [-0.3, -0.25) is 9.69 Å². The maximum atomic E-state index is 13.0. The van der Waals surface area contributed by atoms with Gasteiger partial charge in [0.2, 0.25) is 0 Å².